The Labute approximate surface area is 179 Å². The summed E-state index contributed by atoms with van der Waals surface area (Å²) >= 11 is 6.22. The number of hydrogen-bond donors (Lipinski definition) is 0. The number of esters is 1. The standard InChI is InChI=1S/C24H31ClN2O2/c1-6-27(22-9-10-23(25)17(3)11-22)18(4)19-8-7-16(2)20(12-19)13-26-14-21(15-26)24(28)29-5/h7-12,18,21H,6,13-15H2,1-5H3. The first-order chi connectivity index (χ1) is 13.8. The van der Waals surface area contributed by atoms with Crippen LogP contribution in [0.3, 0.4) is 0 Å². The van der Waals surface area contributed by atoms with Crippen molar-refractivity contribution >= 4 is 23.3 Å². The van der Waals surface area contributed by atoms with Crippen LogP contribution in [0.1, 0.15) is 42.1 Å². The number of halogens is 1. The molecular weight excluding hydrogens is 384 g/mol. The Morgan fingerprint density at radius 2 is 1.93 bits per heavy atom. The number of nitrogens with zero attached hydrogens (tertiary/aromatic N) is 2. The van der Waals surface area contributed by atoms with Gasteiger partial charge < -0.3 is 9.64 Å². The van der Waals surface area contributed by atoms with Crippen molar-refractivity contribution in [1.82, 2.24) is 4.90 Å². The number of likely N-dealkylation sites (tertiary alicyclic amines) is 1. The molecule has 1 unspecified atom stereocenters. The van der Waals surface area contributed by atoms with Gasteiger partial charge in [0.05, 0.1) is 19.1 Å². The van der Waals surface area contributed by atoms with Crippen LogP contribution in [0, 0.1) is 19.8 Å². The Kier molecular flexibility index (Phi) is 6.86. The molecule has 29 heavy (non-hydrogen) atoms. The summed E-state index contributed by atoms with van der Waals surface area (Å²) in [6, 6.07) is 13.2. The highest BCUT2D eigenvalue weighted by molar-refractivity contribution is 6.31. The van der Waals surface area contributed by atoms with Crippen molar-refractivity contribution in [2.24, 2.45) is 5.92 Å². The molecule has 2 aromatic carbocycles. The van der Waals surface area contributed by atoms with Crippen LogP contribution >= 0.6 is 11.6 Å². The summed E-state index contributed by atoms with van der Waals surface area (Å²) in [5.74, 6) is -0.0802. The van der Waals surface area contributed by atoms with Crippen molar-refractivity contribution in [3.63, 3.8) is 0 Å². The zero-order chi connectivity index (χ0) is 21.1. The smallest absolute Gasteiger partial charge is 0.311 e. The summed E-state index contributed by atoms with van der Waals surface area (Å²) in [6.45, 7) is 12.0. The lowest BCUT2D eigenvalue weighted by Crippen LogP contribution is -2.50. The minimum Gasteiger partial charge on any atom is -0.469 e. The molecule has 1 fully saturated rings. The summed E-state index contributed by atoms with van der Waals surface area (Å²) < 4.78 is 4.84. The Balaban J connectivity index is 1.75. The Bertz CT molecular complexity index is 877. The highest BCUT2D eigenvalue weighted by Crippen LogP contribution is 2.31. The first kappa shape index (κ1) is 21.7. The van der Waals surface area contributed by atoms with E-state index in [1.54, 1.807) is 0 Å². The van der Waals surface area contributed by atoms with Gasteiger partial charge in [-0.25, -0.2) is 0 Å². The molecule has 3 rings (SSSR count). The average Bonchev–Trinajstić information content (AvgIpc) is 2.68. The molecule has 0 bridgehead atoms. The average molecular weight is 415 g/mol. The van der Waals surface area contributed by atoms with Crippen LogP contribution in [0.25, 0.3) is 0 Å². The fourth-order valence-corrected chi connectivity index (χ4v) is 4.16. The molecule has 0 radical (unpaired) electrons. The molecule has 0 aliphatic carbocycles. The minimum absolute atomic E-state index is 0.0196. The number of rotatable bonds is 7. The first-order valence-electron chi connectivity index (χ1n) is 10.3. The lowest BCUT2D eigenvalue weighted by atomic mass is 9.96. The van der Waals surface area contributed by atoms with E-state index in [1.165, 1.54) is 29.5 Å². The van der Waals surface area contributed by atoms with Crippen molar-refractivity contribution in [1.29, 1.82) is 0 Å². The Hall–Kier alpha value is -2.04. The van der Waals surface area contributed by atoms with Crippen LogP contribution in [0.2, 0.25) is 5.02 Å². The molecule has 1 saturated heterocycles. The van der Waals surface area contributed by atoms with Gasteiger partial charge in [0.2, 0.25) is 0 Å². The molecular formula is C24H31ClN2O2. The van der Waals surface area contributed by atoms with Crippen molar-refractivity contribution in [3.8, 4) is 0 Å². The summed E-state index contributed by atoms with van der Waals surface area (Å²) in [5, 5.41) is 0.801. The maximum atomic E-state index is 11.6. The first-order valence-corrected chi connectivity index (χ1v) is 10.6. The summed E-state index contributed by atoms with van der Waals surface area (Å²) in [4.78, 5) is 16.3. The van der Waals surface area contributed by atoms with Crippen molar-refractivity contribution in [2.45, 2.75) is 40.3 Å². The molecule has 0 saturated carbocycles. The van der Waals surface area contributed by atoms with Gasteiger partial charge in [0.1, 0.15) is 0 Å². The third-order valence-electron chi connectivity index (χ3n) is 6.02. The predicted octanol–water partition coefficient (Wildman–Crippen LogP) is 5.15. The van der Waals surface area contributed by atoms with E-state index in [2.05, 4.69) is 60.9 Å². The molecule has 0 N–H and O–H groups in total. The molecule has 2 aromatic rings. The summed E-state index contributed by atoms with van der Waals surface area (Å²) in [7, 11) is 1.46. The number of benzene rings is 2. The van der Waals surface area contributed by atoms with E-state index >= 15 is 0 Å². The van der Waals surface area contributed by atoms with Crippen molar-refractivity contribution in [3.05, 3.63) is 63.7 Å². The molecule has 156 valence electrons. The number of hydrogen-bond acceptors (Lipinski definition) is 4. The molecule has 1 aliphatic rings. The monoisotopic (exact) mass is 414 g/mol. The van der Waals surface area contributed by atoms with Gasteiger partial charge in [-0.15, -0.1) is 0 Å². The number of anilines is 1. The number of ether oxygens (including phenoxy) is 1. The zero-order valence-corrected chi connectivity index (χ0v) is 18.8. The highest BCUT2D eigenvalue weighted by atomic mass is 35.5. The molecule has 1 heterocycles. The van der Waals surface area contributed by atoms with Crippen LogP contribution in [0.5, 0.6) is 0 Å². The van der Waals surface area contributed by atoms with Gasteiger partial charge in [0.15, 0.2) is 0 Å². The van der Waals surface area contributed by atoms with Crippen LogP contribution in [-0.4, -0.2) is 37.6 Å². The third-order valence-corrected chi connectivity index (χ3v) is 6.45. The second-order valence-corrected chi connectivity index (χ2v) is 8.40. The van der Waals surface area contributed by atoms with Gasteiger partial charge in [0, 0.05) is 36.9 Å². The minimum atomic E-state index is -0.0998. The van der Waals surface area contributed by atoms with Crippen molar-refractivity contribution < 1.29 is 9.53 Å². The van der Waals surface area contributed by atoms with Gasteiger partial charge in [-0.05, 0) is 68.1 Å². The van der Waals surface area contributed by atoms with Crippen LogP contribution < -0.4 is 4.90 Å². The third kappa shape index (κ3) is 4.76. The second kappa shape index (κ2) is 9.19. The summed E-state index contributed by atoms with van der Waals surface area (Å²) in [6.07, 6.45) is 0. The van der Waals surface area contributed by atoms with Gasteiger partial charge in [0.25, 0.3) is 0 Å². The van der Waals surface area contributed by atoms with E-state index in [0.29, 0.717) is 0 Å². The Morgan fingerprint density at radius 3 is 2.55 bits per heavy atom. The number of carbonyl (C=O) groups is 1. The van der Waals surface area contributed by atoms with Crippen molar-refractivity contribution in [2.75, 3.05) is 31.6 Å². The van der Waals surface area contributed by atoms with E-state index in [-0.39, 0.29) is 17.9 Å². The van der Waals surface area contributed by atoms with E-state index in [0.717, 1.165) is 36.8 Å². The predicted molar refractivity (Wildman–Crippen MR) is 120 cm³/mol. The number of methoxy groups -OCH3 is 1. The molecule has 4 nitrogen and oxygen atoms in total. The van der Waals surface area contributed by atoms with E-state index < -0.39 is 0 Å². The molecule has 0 spiro atoms. The SMILES string of the molecule is CCN(c1ccc(Cl)c(C)c1)C(C)c1ccc(C)c(CN2CC(C(=O)OC)C2)c1. The zero-order valence-electron chi connectivity index (χ0n) is 18.0. The Morgan fingerprint density at radius 1 is 1.21 bits per heavy atom. The lowest BCUT2D eigenvalue weighted by Gasteiger charge is -2.38. The second-order valence-electron chi connectivity index (χ2n) is 8.00. The lowest BCUT2D eigenvalue weighted by molar-refractivity contribution is -0.151. The van der Waals surface area contributed by atoms with E-state index in [1.807, 2.05) is 13.0 Å². The number of aryl methyl sites for hydroxylation is 2. The molecule has 1 aliphatic heterocycles. The fraction of sp³-hybridized carbons (Fsp3) is 0.458. The molecule has 0 aromatic heterocycles. The van der Waals surface area contributed by atoms with Gasteiger partial charge in [-0.1, -0.05) is 29.8 Å². The highest BCUT2D eigenvalue weighted by Gasteiger charge is 2.33. The maximum Gasteiger partial charge on any atom is 0.311 e. The van der Waals surface area contributed by atoms with Crippen LogP contribution in [0.15, 0.2) is 36.4 Å². The maximum absolute atomic E-state index is 11.6. The summed E-state index contributed by atoms with van der Waals surface area (Å²) in [5.41, 5.74) is 6.18. The number of carbonyl (C=O) groups excluding carboxylic acids is 1. The quantitative estimate of drug-likeness (QED) is 0.586. The normalized spacial score (nSPS) is 15.7. The molecule has 0 amide bonds. The molecule has 5 heteroatoms. The van der Waals surface area contributed by atoms with Gasteiger partial charge >= 0.3 is 5.97 Å². The van der Waals surface area contributed by atoms with E-state index in [4.69, 9.17) is 16.3 Å². The van der Waals surface area contributed by atoms with Gasteiger partial charge in [-0.3, -0.25) is 9.69 Å². The van der Waals surface area contributed by atoms with Crippen LogP contribution in [-0.2, 0) is 16.1 Å². The largest absolute Gasteiger partial charge is 0.469 e. The van der Waals surface area contributed by atoms with E-state index in [9.17, 15) is 4.79 Å². The fourth-order valence-electron chi connectivity index (χ4n) is 4.04. The molecule has 1 atom stereocenters. The topological polar surface area (TPSA) is 32.8 Å². The van der Waals surface area contributed by atoms with Crippen LogP contribution in [0.4, 0.5) is 5.69 Å². The van der Waals surface area contributed by atoms with Gasteiger partial charge in [-0.2, -0.15) is 0 Å².